The lowest BCUT2D eigenvalue weighted by Crippen LogP contribution is -2.43. The van der Waals surface area contributed by atoms with Crippen LogP contribution in [0.3, 0.4) is 0 Å². The molecule has 1 aromatic heterocycles. The molecule has 1 saturated carbocycles. The molecule has 0 aromatic carbocycles. The molecule has 18 heavy (non-hydrogen) atoms. The van der Waals surface area contributed by atoms with E-state index in [4.69, 9.17) is 5.73 Å². The van der Waals surface area contributed by atoms with E-state index < -0.39 is 0 Å². The molecule has 1 heterocycles. The average Bonchev–Trinajstić information content (AvgIpc) is 2.91. The summed E-state index contributed by atoms with van der Waals surface area (Å²) in [4.78, 5) is 3.98. The Morgan fingerprint density at radius 2 is 2.11 bits per heavy atom. The molecule has 0 bridgehead atoms. The zero-order valence-corrected chi connectivity index (χ0v) is 12.3. The Kier molecular flexibility index (Phi) is 5.22. The fourth-order valence-corrected chi connectivity index (χ4v) is 3.83. The van der Waals surface area contributed by atoms with Gasteiger partial charge in [-0.2, -0.15) is 0 Å². The van der Waals surface area contributed by atoms with Crippen molar-refractivity contribution in [3.8, 4) is 0 Å². The summed E-state index contributed by atoms with van der Waals surface area (Å²) in [6.07, 6.45) is 7.97. The van der Waals surface area contributed by atoms with Crippen molar-refractivity contribution in [1.82, 2.24) is 4.90 Å². The van der Waals surface area contributed by atoms with E-state index in [1.807, 2.05) is 11.3 Å². The lowest BCUT2D eigenvalue weighted by Gasteiger charge is -2.39. The van der Waals surface area contributed by atoms with E-state index in [1.54, 1.807) is 0 Å². The third-order valence-electron chi connectivity index (χ3n) is 4.27. The van der Waals surface area contributed by atoms with Crippen LogP contribution in [-0.4, -0.2) is 31.6 Å². The molecule has 1 fully saturated rings. The standard InChI is InChI=1S/C15H26N2S/c1-17(10-7-14-6-5-11-18-14)13-15(12-16)8-3-2-4-9-15/h5-6,11H,2-4,7-10,12-13,16H2,1H3. The molecule has 0 unspecified atom stereocenters. The van der Waals surface area contributed by atoms with Crippen molar-refractivity contribution in [3.63, 3.8) is 0 Å². The van der Waals surface area contributed by atoms with Crippen LogP contribution in [0.4, 0.5) is 0 Å². The van der Waals surface area contributed by atoms with Crippen molar-refractivity contribution in [1.29, 1.82) is 0 Å². The van der Waals surface area contributed by atoms with Crippen LogP contribution in [0.5, 0.6) is 0 Å². The molecule has 102 valence electrons. The van der Waals surface area contributed by atoms with Gasteiger partial charge in [-0.15, -0.1) is 11.3 Å². The van der Waals surface area contributed by atoms with Gasteiger partial charge in [0.05, 0.1) is 0 Å². The Morgan fingerprint density at radius 1 is 1.33 bits per heavy atom. The molecule has 0 spiro atoms. The van der Waals surface area contributed by atoms with Gasteiger partial charge in [-0.1, -0.05) is 25.3 Å². The van der Waals surface area contributed by atoms with E-state index in [1.165, 1.54) is 49.9 Å². The number of hydrogen-bond donors (Lipinski definition) is 1. The highest BCUT2D eigenvalue weighted by Gasteiger charge is 2.31. The first-order chi connectivity index (χ1) is 8.74. The van der Waals surface area contributed by atoms with Crippen molar-refractivity contribution >= 4 is 11.3 Å². The largest absolute Gasteiger partial charge is 0.330 e. The Bertz CT molecular complexity index is 328. The quantitative estimate of drug-likeness (QED) is 0.857. The van der Waals surface area contributed by atoms with Crippen LogP contribution < -0.4 is 5.73 Å². The topological polar surface area (TPSA) is 29.3 Å². The van der Waals surface area contributed by atoms with Crippen LogP contribution in [0.2, 0.25) is 0 Å². The van der Waals surface area contributed by atoms with Gasteiger partial charge in [0, 0.05) is 18.0 Å². The maximum atomic E-state index is 6.05. The number of nitrogens with zero attached hydrogens (tertiary/aromatic N) is 1. The highest BCUT2D eigenvalue weighted by atomic mass is 32.1. The van der Waals surface area contributed by atoms with Crippen LogP contribution in [-0.2, 0) is 6.42 Å². The zero-order chi connectivity index (χ0) is 12.8. The maximum absolute atomic E-state index is 6.05. The minimum atomic E-state index is 0.405. The van der Waals surface area contributed by atoms with Gasteiger partial charge in [0.25, 0.3) is 0 Å². The summed E-state index contributed by atoms with van der Waals surface area (Å²) >= 11 is 1.86. The van der Waals surface area contributed by atoms with Crippen molar-refractivity contribution in [2.24, 2.45) is 11.1 Å². The molecule has 2 rings (SSSR count). The Morgan fingerprint density at radius 3 is 2.72 bits per heavy atom. The molecule has 1 aliphatic carbocycles. The van der Waals surface area contributed by atoms with E-state index >= 15 is 0 Å². The summed E-state index contributed by atoms with van der Waals surface area (Å²) in [5.74, 6) is 0. The van der Waals surface area contributed by atoms with Gasteiger partial charge >= 0.3 is 0 Å². The molecule has 0 aliphatic heterocycles. The molecule has 0 atom stereocenters. The molecule has 0 amide bonds. The van der Waals surface area contributed by atoms with E-state index in [-0.39, 0.29) is 0 Å². The molecule has 1 aromatic rings. The monoisotopic (exact) mass is 266 g/mol. The van der Waals surface area contributed by atoms with Gasteiger partial charge in [0.1, 0.15) is 0 Å². The second-order valence-corrected chi connectivity index (χ2v) is 6.86. The second-order valence-electron chi connectivity index (χ2n) is 5.83. The van der Waals surface area contributed by atoms with Crippen molar-refractivity contribution < 1.29 is 0 Å². The van der Waals surface area contributed by atoms with E-state index in [2.05, 4.69) is 29.5 Å². The molecular formula is C15H26N2S. The first kappa shape index (κ1) is 14.0. The first-order valence-corrected chi connectivity index (χ1v) is 8.03. The van der Waals surface area contributed by atoms with Crippen molar-refractivity contribution in [2.75, 3.05) is 26.7 Å². The molecular weight excluding hydrogens is 240 g/mol. The van der Waals surface area contributed by atoms with Gasteiger partial charge in [0.2, 0.25) is 0 Å². The van der Waals surface area contributed by atoms with Crippen LogP contribution in [0, 0.1) is 5.41 Å². The lowest BCUT2D eigenvalue weighted by atomic mass is 9.74. The molecule has 0 radical (unpaired) electrons. The maximum Gasteiger partial charge on any atom is 0.00579 e. The smallest absolute Gasteiger partial charge is 0.00579 e. The van der Waals surface area contributed by atoms with Crippen LogP contribution in [0.1, 0.15) is 37.0 Å². The van der Waals surface area contributed by atoms with Crippen LogP contribution in [0.25, 0.3) is 0 Å². The summed E-state index contributed by atoms with van der Waals surface area (Å²) in [6, 6.07) is 4.38. The summed E-state index contributed by atoms with van der Waals surface area (Å²) in [7, 11) is 2.25. The SMILES string of the molecule is CN(CCc1cccs1)CC1(CN)CCCCC1. The number of nitrogens with two attached hydrogens (primary N) is 1. The molecule has 3 heteroatoms. The third kappa shape index (κ3) is 3.81. The fourth-order valence-electron chi connectivity index (χ4n) is 3.14. The minimum absolute atomic E-state index is 0.405. The Labute approximate surface area is 115 Å². The van der Waals surface area contributed by atoms with Crippen molar-refractivity contribution in [3.05, 3.63) is 22.4 Å². The van der Waals surface area contributed by atoms with E-state index in [9.17, 15) is 0 Å². The number of hydrogen-bond acceptors (Lipinski definition) is 3. The molecule has 1 aliphatic rings. The molecule has 2 nitrogen and oxygen atoms in total. The van der Waals surface area contributed by atoms with E-state index in [0.29, 0.717) is 5.41 Å². The van der Waals surface area contributed by atoms with Gasteiger partial charge < -0.3 is 10.6 Å². The second kappa shape index (κ2) is 6.69. The highest BCUT2D eigenvalue weighted by molar-refractivity contribution is 7.09. The molecule has 2 N–H and O–H groups in total. The molecule has 0 saturated heterocycles. The predicted octanol–water partition coefficient (Wildman–Crippen LogP) is 3.13. The van der Waals surface area contributed by atoms with Crippen LogP contribution >= 0.6 is 11.3 Å². The van der Waals surface area contributed by atoms with Gasteiger partial charge in [-0.05, 0) is 49.7 Å². The first-order valence-electron chi connectivity index (χ1n) is 7.15. The van der Waals surface area contributed by atoms with Gasteiger partial charge in [-0.25, -0.2) is 0 Å². The van der Waals surface area contributed by atoms with Gasteiger partial charge in [-0.3, -0.25) is 0 Å². The summed E-state index contributed by atoms with van der Waals surface area (Å²) in [5, 5.41) is 2.16. The number of thiophene rings is 1. The van der Waals surface area contributed by atoms with Crippen molar-refractivity contribution in [2.45, 2.75) is 38.5 Å². The summed E-state index contributed by atoms with van der Waals surface area (Å²) in [6.45, 7) is 3.19. The zero-order valence-electron chi connectivity index (χ0n) is 11.5. The lowest BCUT2D eigenvalue weighted by molar-refractivity contribution is 0.129. The minimum Gasteiger partial charge on any atom is -0.330 e. The van der Waals surface area contributed by atoms with Crippen LogP contribution in [0.15, 0.2) is 17.5 Å². The highest BCUT2D eigenvalue weighted by Crippen LogP contribution is 2.35. The third-order valence-corrected chi connectivity index (χ3v) is 5.21. The van der Waals surface area contributed by atoms with Gasteiger partial charge in [0.15, 0.2) is 0 Å². The number of rotatable bonds is 6. The summed E-state index contributed by atoms with van der Waals surface area (Å²) in [5.41, 5.74) is 6.46. The fraction of sp³-hybridized carbons (Fsp3) is 0.733. The Balaban J connectivity index is 1.79. The number of likely N-dealkylation sites (N-methyl/N-ethyl adjacent to an activating group) is 1. The Hall–Kier alpha value is -0.380. The normalized spacial score (nSPS) is 19.3. The van der Waals surface area contributed by atoms with E-state index in [0.717, 1.165) is 13.1 Å². The average molecular weight is 266 g/mol. The predicted molar refractivity (Wildman–Crippen MR) is 80.1 cm³/mol. The summed E-state index contributed by atoms with van der Waals surface area (Å²) < 4.78 is 0.